The zero-order valence-electron chi connectivity index (χ0n) is 11.1. The molecule has 0 amide bonds. The second kappa shape index (κ2) is 3.99. The number of nitrogens with zero attached hydrogens (tertiary/aromatic N) is 2. The molecule has 20 heavy (non-hydrogen) atoms. The highest BCUT2D eigenvalue weighted by molar-refractivity contribution is 5.75. The van der Waals surface area contributed by atoms with Crippen LogP contribution >= 0.6 is 0 Å². The number of carboxylic acids is 1. The van der Waals surface area contributed by atoms with Gasteiger partial charge in [0.15, 0.2) is 5.76 Å². The lowest BCUT2D eigenvalue weighted by molar-refractivity contribution is -0.173. The van der Waals surface area contributed by atoms with E-state index in [4.69, 9.17) is 13.1 Å². The van der Waals surface area contributed by atoms with Crippen molar-refractivity contribution in [2.45, 2.75) is 38.5 Å². The van der Waals surface area contributed by atoms with Crippen LogP contribution in [0, 0.1) is 35.8 Å². The van der Waals surface area contributed by atoms with Gasteiger partial charge in [-0.25, -0.2) is 0 Å². The van der Waals surface area contributed by atoms with Crippen molar-refractivity contribution in [1.29, 1.82) is 0 Å². The van der Waals surface area contributed by atoms with Crippen molar-refractivity contribution in [2.75, 3.05) is 0 Å². The SMILES string of the molecule is [C-]#[N+]C([N+]#[C-])=C(O)C12CC3CC(CC(C(=O)O)(C3)C1)C2. The predicted octanol–water partition coefficient (Wildman–Crippen LogP) is 3.22. The predicted molar refractivity (Wildman–Crippen MR) is 70.0 cm³/mol. The molecule has 5 nitrogen and oxygen atoms in total. The Morgan fingerprint density at radius 2 is 1.50 bits per heavy atom. The summed E-state index contributed by atoms with van der Waals surface area (Å²) in [4.78, 5) is 17.9. The maximum atomic E-state index is 11.7. The first-order valence-electron chi connectivity index (χ1n) is 6.87. The monoisotopic (exact) mass is 272 g/mol. The van der Waals surface area contributed by atoms with Gasteiger partial charge in [0.05, 0.1) is 5.41 Å². The summed E-state index contributed by atoms with van der Waals surface area (Å²) in [6.45, 7) is 14.0. The summed E-state index contributed by atoms with van der Waals surface area (Å²) in [6, 6.07) is 0. The first-order chi connectivity index (χ1) is 9.44. The van der Waals surface area contributed by atoms with Gasteiger partial charge in [-0.3, -0.25) is 4.79 Å². The van der Waals surface area contributed by atoms with Crippen molar-refractivity contribution < 1.29 is 15.0 Å². The van der Waals surface area contributed by atoms with E-state index in [1.165, 1.54) is 0 Å². The summed E-state index contributed by atoms with van der Waals surface area (Å²) in [5.74, 6) is -0.620. The van der Waals surface area contributed by atoms with E-state index in [1.807, 2.05) is 0 Å². The minimum absolute atomic E-state index is 0.151. The summed E-state index contributed by atoms with van der Waals surface area (Å²) in [5.41, 5.74) is -1.40. The van der Waals surface area contributed by atoms with E-state index in [1.54, 1.807) is 0 Å². The van der Waals surface area contributed by atoms with Gasteiger partial charge in [-0.05, 0) is 50.4 Å². The van der Waals surface area contributed by atoms with Gasteiger partial charge in [-0.15, -0.1) is 0 Å². The highest BCUT2D eigenvalue weighted by Crippen LogP contribution is 2.67. The molecule has 0 aliphatic heterocycles. The average molecular weight is 272 g/mol. The largest absolute Gasteiger partial charge is 0.557 e. The number of rotatable bonds is 2. The summed E-state index contributed by atoms with van der Waals surface area (Å²) in [6.07, 6.45) is 4.20. The molecular formula is C15H16N2O3. The van der Waals surface area contributed by atoms with Gasteiger partial charge in [0, 0.05) is 5.41 Å². The number of aliphatic hydroxyl groups excluding tert-OH is 1. The maximum absolute atomic E-state index is 11.7. The van der Waals surface area contributed by atoms with Crippen LogP contribution in [0.15, 0.2) is 11.6 Å². The van der Waals surface area contributed by atoms with Gasteiger partial charge in [-0.1, -0.05) is 0 Å². The van der Waals surface area contributed by atoms with Crippen LogP contribution in [0.5, 0.6) is 0 Å². The van der Waals surface area contributed by atoms with Crippen molar-refractivity contribution in [2.24, 2.45) is 22.7 Å². The fourth-order valence-corrected chi connectivity index (χ4v) is 5.16. The molecule has 0 aromatic heterocycles. The van der Waals surface area contributed by atoms with Crippen molar-refractivity contribution in [3.63, 3.8) is 0 Å². The van der Waals surface area contributed by atoms with Crippen LogP contribution in [0.3, 0.4) is 0 Å². The van der Waals surface area contributed by atoms with E-state index >= 15 is 0 Å². The normalized spacial score (nSPS) is 40.7. The Labute approximate surface area is 117 Å². The average Bonchev–Trinajstić information content (AvgIpc) is 2.38. The lowest BCUT2D eigenvalue weighted by atomic mass is 9.43. The fraction of sp³-hybridized carbons (Fsp3) is 0.667. The molecule has 4 saturated carbocycles. The zero-order chi connectivity index (χ0) is 14.5. The number of carboxylic acid groups (broad SMARTS) is 1. The van der Waals surface area contributed by atoms with Crippen molar-refractivity contribution in [1.82, 2.24) is 0 Å². The summed E-state index contributed by atoms with van der Waals surface area (Å²) in [5, 5.41) is 20.0. The third-order valence-corrected chi connectivity index (χ3v) is 5.44. The van der Waals surface area contributed by atoms with Crippen LogP contribution in [0.25, 0.3) is 9.69 Å². The minimum atomic E-state index is -0.782. The molecule has 2 unspecified atom stereocenters. The number of hydrogen-bond acceptors (Lipinski definition) is 2. The molecule has 4 rings (SSSR count). The van der Waals surface area contributed by atoms with Crippen LogP contribution in [-0.4, -0.2) is 16.2 Å². The van der Waals surface area contributed by atoms with E-state index in [9.17, 15) is 15.0 Å². The lowest BCUT2D eigenvalue weighted by Crippen LogP contribution is -2.55. The molecule has 4 bridgehead atoms. The molecule has 4 aliphatic rings. The second-order valence-corrected chi connectivity index (χ2v) is 6.72. The van der Waals surface area contributed by atoms with Gasteiger partial charge >= 0.3 is 11.8 Å². The van der Waals surface area contributed by atoms with E-state index in [-0.39, 0.29) is 11.6 Å². The molecular weight excluding hydrogens is 256 g/mol. The third kappa shape index (κ3) is 1.56. The lowest BCUT2D eigenvalue weighted by Gasteiger charge is -2.59. The Morgan fingerprint density at radius 3 is 1.95 bits per heavy atom. The van der Waals surface area contributed by atoms with Crippen LogP contribution in [0.1, 0.15) is 38.5 Å². The Kier molecular flexibility index (Phi) is 2.59. The van der Waals surface area contributed by atoms with Gasteiger partial charge in [0.1, 0.15) is 13.1 Å². The summed E-state index contributed by atoms with van der Waals surface area (Å²) < 4.78 is 0. The van der Waals surface area contributed by atoms with E-state index in [0.29, 0.717) is 31.1 Å². The van der Waals surface area contributed by atoms with E-state index < -0.39 is 16.8 Å². The van der Waals surface area contributed by atoms with E-state index in [2.05, 4.69) is 9.69 Å². The Morgan fingerprint density at radius 1 is 1.00 bits per heavy atom. The number of aliphatic hydroxyl groups is 1. The van der Waals surface area contributed by atoms with E-state index in [0.717, 1.165) is 19.3 Å². The Balaban J connectivity index is 2.08. The number of allylic oxidation sites excluding steroid dienone is 1. The highest BCUT2D eigenvalue weighted by Gasteiger charge is 2.63. The molecule has 0 heterocycles. The Bertz CT molecular complexity index is 563. The molecule has 0 aromatic rings. The van der Waals surface area contributed by atoms with Crippen LogP contribution < -0.4 is 0 Å². The maximum Gasteiger partial charge on any atom is 0.557 e. The van der Waals surface area contributed by atoms with Gasteiger partial charge in [-0.2, -0.15) is 9.69 Å². The van der Waals surface area contributed by atoms with Gasteiger partial charge in [0.2, 0.25) is 0 Å². The number of carbonyl (C=O) groups is 1. The van der Waals surface area contributed by atoms with Crippen molar-refractivity contribution >= 4 is 5.97 Å². The van der Waals surface area contributed by atoms with Gasteiger partial charge < -0.3 is 10.2 Å². The first-order valence-corrected chi connectivity index (χ1v) is 6.87. The minimum Gasteiger partial charge on any atom is -0.516 e. The standard InChI is InChI=1S/C15H16N2O3/c1-16-12(17-2)11(18)14-4-9-3-10(5-14)7-15(6-9,8-14)13(19)20/h9-10,18H,3-8H2,(H,19,20). The smallest absolute Gasteiger partial charge is 0.516 e. The molecule has 104 valence electrons. The highest BCUT2D eigenvalue weighted by atomic mass is 16.4. The van der Waals surface area contributed by atoms with Crippen LogP contribution in [0.4, 0.5) is 0 Å². The molecule has 0 spiro atoms. The van der Waals surface area contributed by atoms with Crippen LogP contribution in [0.2, 0.25) is 0 Å². The topological polar surface area (TPSA) is 66.2 Å². The molecule has 5 heteroatoms. The molecule has 4 fully saturated rings. The Hall–Kier alpha value is -2.01. The molecule has 2 N–H and O–H groups in total. The molecule has 2 atom stereocenters. The molecule has 4 aliphatic carbocycles. The number of aliphatic carboxylic acids is 1. The van der Waals surface area contributed by atoms with Crippen molar-refractivity contribution in [3.05, 3.63) is 34.4 Å². The second-order valence-electron chi connectivity index (χ2n) is 6.72. The van der Waals surface area contributed by atoms with Crippen molar-refractivity contribution in [3.8, 4) is 0 Å². The number of hydrogen-bond donors (Lipinski definition) is 2. The van der Waals surface area contributed by atoms with Crippen LogP contribution in [-0.2, 0) is 4.79 Å². The molecule has 0 aromatic carbocycles. The third-order valence-electron chi connectivity index (χ3n) is 5.44. The zero-order valence-corrected chi connectivity index (χ0v) is 11.1. The van der Waals surface area contributed by atoms with Gasteiger partial charge in [0.25, 0.3) is 0 Å². The molecule has 0 saturated heterocycles. The molecule has 0 radical (unpaired) electrons. The first kappa shape index (κ1) is 13.0. The summed E-state index contributed by atoms with van der Waals surface area (Å²) >= 11 is 0. The quantitative estimate of drug-likeness (QED) is 0.599. The summed E-state index contributed by atoms with van der Waals surface area (Å²) in [7, 11) is 0. The fourth-order valence-electron chi connectivity index (χ4n) is 5.16.